The second-order valence-corrected chi connectivity index (χ2v) is 6.74. The smallest absolute Gasteiger partial charge is 0.161 e. The molecule has 20 heavy (non-hydrogen) atoms. The van der Waals surface area contributed by atoms with Crippen molar-refractivity contribution in [1.82, 2.24) is 0 Å². The van der Waals surface area contributed by atoms with E-state index in [2.05, 4.69) is 31.9 Å². The first-order valence-corrected chi connectivity index (χ1v) is 8.15. The molecule has 0 spiro atoms. The number of alkyl halides is 1. The Morgan fingerprint density at radius 3 is 2.20 bits per heavy atom. The Morgan fingerprint density at radius 2 is 1.50 bits per heavy atom. The van der Waals surface area contributed by atoms with Crippen LogP contribution in [0.4, 0.5) is 0 Å². The van der Waals surface area contributed by atoms with Crippen LogP contribution in [0.15, 0.2) is 45.3 Å². The van der Waals surface area contributed by atoms with Crippen LogP contribution in [0.25, 0.3) is 0 Å². The fourth-order valence-electron chi connectivity index (χ4n) is 2.13. The molecule has 5 heteroatoms. The summed E-state index contributed by atoms with van der Waals surface area (Å²) in [6, 6.07) is 11.8. The molecule has 0 bridgehead atoms. The molecular formula is C15H11Br2ClO2. The molecule has 0 fully saturated rings. The molecule has 0 aliphatic carbocycles. The quantitative estimate of drug-likeness (QED) is 0.616. The summed E-state index contributed by atoms with van der Waals surface area (Å²) in [5, 5.41) is -0.236. The van der Waals surface area contributed by atoms with Gasteiger partial charge in [0.05, 0.1) is 5.38 Å². The third-order valence-corrected chi connectivity index (χ3v) is 4.46. The highest BCUT2D eigenvalue weighted by molar-refractivity contribution is 9.11. The van der Waals surface area contributed by atoms with Gasteiger partial charge in [-0.1, -0.05) is 37.9 Å². The second-order valence-electron chi connectivity index (χ2n) is 4.47. The summed E-state index contributed by atoms with van der Waals surface area (Å²) < 4.78 is 13.1. The van der Waals surface area contributed by atoms with Crippen molar-refractivity contribution >= 4 is 43.5 Å². The topological polar surface area (TPSA) is 18.5 Å². The number of rotatable bonds is 2. The Labute approximate surface area is 139 Å². The molecule has 1 heterocycles. The predicted octanol–water partition coefficient (Wildman–Crippen LogP) is 5.31. The third kappa shape index (κ3) is 2.97. The van der Waals surface area contributed by atoms with Gasteiger partial charge in [0, 0.05) is 8.95 Å². The van der Waals surface area contributed by atoms with Gasteiger partial charge in [-0.15, -0.1) is 11.6 Å². The molecule has 1 unspecified atom stereocenters. The molecule has 0 saturated heterocycles. The van der Waals surface area contributed by atoms with E-state index in [4.69, 9.17) is 21.1 Å². The first kappa shape index (κ1) is 14.2. The van der Waals surface area contributed by atoms with Gasteiger partial charge in [-0.3, -0.25) is 0 Å². The lowest BCUT2D eigenvalue weighted by atomic mass is 10.0. The van der Waals surface area contributed by atoms with E-state index >= 15 is 0 Å². The SMILES string of the molecule is ClC(c1cc(Br)cc(Br)c1)c1ccc2c(c1)OCCO2. The van der Waals surface area contributed by atoms with Crippen molar-refractivity contribution in [2.75, 3.05) is 13.2 Å². The summed E-state index contributed by atoms with van der Waals surface area (Å²) in [6.07, 6.45) is 0. The number of benzene rings is 2. The van der Waals surface area contributed by atoms with E-state index in [0.717, 1.165) is 31.6 Å². The minimum atomic E-state index is -0.236. The fourth-order valence-corrected chi connectivity index (χ4v) is 3.72. The van der Waals surface area contributed by atoms with Crippen LogP contribution in [0.3, 0.4) is 0 Å². The van der Waals surface area contributed by atoms with E-state index in [9.17, 15) is 0 Å². The van der Waals surface area contributed by atoms with Crippen LogP contribution in [0.5, 0.6) is 11.5 Å². The van der Waals surface area contributed by atoms with E-state index in [0.29, 0.717) is 13.2 Å². The fraction of sp³-hybridized carbons (Fsp3) is 0.200. The zero-order valence-corrected chi connectivity index (χ0v) is 14.3. The maximum absolute atomic E-state index is 6.58. The van der Waals surface area contributed by atoms with E-state index in [1.165, 1.54) is 0 Å². The maximum atomic E-state index is 6.58. The molecule has 0 N–H and O–H groups in total. The standard InChI is InChI=1S/C15H11Br2ClO2/c16-11-5-10(6-12(17)8-11)15(18)9-1-2-13-14(7-9)20-4-3-19-13/h1-2,5-8,15H,3-4H2. The van der Waals surface area contributed by atoms with Crippen molar-refractivity contribution in [3.63, 3.8) is 0 Å². The predicted molar refractivity (Wildman–Crippen MR) is 87.0 cm³/mol. The molecule has 0 amide bonds. The van der Waals surface area contributed by atoms with Gasteiger partial charge < -0.3 is 9.47 Å². The van der Waals surface area contributed by atoms with Crippen molar-refractivity contribution in [1.29, 1.82) is 0 Å². The van der Waals surface area contributed by atoms with Gasteiger partial charge in [0.15, 0.2) is 11.5 Å². The van der Waals surface area contributed by atoms with Crippen molar-refractivity contribution in [2.24, 2.45) is 0 Å². The Bertz CT molecular complexity index is 626. The van der Waals surface area contributed by atoms with Crippen molar-refractivity contribution in [3.8, 4) is 11.5 Å². The van der Waals surface area contributed by atoms with E-state index in [-0.39, 0.29) is 5.38 Å². The molecule has 0 radical (unpaired) electrons. The van der Waals surface area contributed by atoms with Crippen LogP contribution in [-0.4, -0.2) is 13.2 Å². The summed E-state index contributed by atoms with van der Waals surface area (Å²) >= 11 is 13.5. The Morgan fingerprint density at radius 1 is 0.850 bits per heavy atom. The van der Waals surface area contributed by atoms with Gasteiger partial charge in [0.25, 0.3) is 0 Å². The molecular weight excluding hydrogens is 407 g/mol. The first-order valence-electron chi connectivity index (χ1n) is 6.13. The average Bonchev–Trinajstić information content (AvgIpc) is 2.45. The highest BCUT2D eigenvalue weighted by Gasteiger charge is 2.17. The normalized spacial score (nSPS) is 14.9. The Balaban J connectivity index is 1.95. The van der Waals surface area contributed by atoms with Gasteiger partial charge >= 0.3 is 0 Å². The molecule has 2 aromatic rings. The summed E-state index contributed by atoms with van der Waals surface area (Å²) in [7, 11) is 0. The maximum Gasteiger partial charge on any atom is 0.161 e. The lowest BCUT2D eigenvalue weighted by Crippen LogP contribution is -2.15. The van der Waals surface area contributed by atoms with E-state index in [1.54, 1.807) is 0 Å². The van der Waals surface area contributed by atoms with Gasteiger partial charge in [-0.2, -0.15) is 0 Å². The van der Waals surface area contributed by atoms with Gasteiger partial charge in [0.2, 0.25) is 0 Å². The van der Waals surface area contributed by atoms with Crippen LogP contribution in [-0.2, 0) is 0 Å². The van der Waals surface area contributed by atoms with Crippen molar-refractivity contribution in [2.45, 2.75) is 5.38 Å². The lowest BCUT2D eigenvalue weighted by Gasteiger charge is -2.20. The molecule has 1 aliphatic heterocycles. The van der Waals surface area contributed by atoms with Crippen LogP contribution in [0.2, 0.25) is 0 Å². The largest absolute Gasteiger partial charge is 0.486 e. The van der Waals surface area contributed by atoms with Crippen LogP contribution in [0.1, 0.15) is 16.5 Å². The molecule has 0 saturated carbocycles. The lowest BCUT2D eigenvalue weighted by molar-refractivity contribution is 0.171. The monoisotopic (exact) mass is 416 g/mol. The second kappa shape index (κ2) is 5.96. The average molecular weight is 419 g/mol. The highest BCUT2D eigenvalue weighted by Crippen LogP contribution is 2.38. The van der Waals surface area contributed by atoms with Crippen LogP contribution < -0.4 is 9.47 Å². The number of hydrogen-bond acceptors (Lipinski definition) is 2. The zero-order valence-electron chi connectivity index (χ0n) is 10.4. The highest BCUT2D eigenvalue weighted by atomic mass is 79.9. The third-order valence-electron chi connectivity index (χ3n) is 3.04. The summed E-state index contributed by atoms with van der Waals surface area (Å²) in [6.45, 7) is 1.17. The van der Waals surface area contributed by atoms with Gasteiger partial charge in [0.1, 0.15) is 13.2 Å². The number of ether oxygens (including phenoxy) is 2. The molecule has 104 valence electrons. The van der Waals surface area contributed by atoms with Gasteiger partial charge in [-0.25, -0.2) is 0 Å². The first-order chi connectivity index (χ1) is 9.63. The summed E-state index contributed by atoms with van der Waals surface area (Å²) in [5.74, 6) is 1.53. The molecule has 1 atom stereocenters. The minimum absolute atomic E-state index is 0.236. The number of halogens is 3. The Kier molecular flexibility index (Phi) is 4.24. The van der Waals surface area contributed by atoms with E-state index < -0.39 is 0 Å². The molecule has 1 aliphatic rings. The molecule has 2 aromatic carbocycles. The Hall–Kier alpha value is -0.710. The van der Waals surface area contributed by atoms with E-state index in [1.807, 2.05) is 36.4 Å². The van der Waals surface area contributed by atoms with Crippen molar-refractivity contribution < 1.29 is 9.47 Å². The number of hydrogen-bond donors (Lipinski definition) is 0. The molecule has 2 nitrogen and oxygen atoms in total. The van der Waals surface area contributed by atoms with Crippen molar-refractivity contribution in [3.05, 3.63) is 56.5 Å². The summed E-state index contributed by atoms with van der Waals surface area (Å²) in [5.41, 5.74) is 2.01. The van der Waals surface area contributed by atoms with Crippen LogP contribution >= 0.6 is 43.5 Å². The van der Waals surface area contributed by atoms with Gasteiger partial charge in [-0.05, 0) is 41.5 Å². The van der Waals surface area contributed by atoms with Crippen LogP contribution in [0, 0.1) is 0 Å². The molecule has 0 aromatic heterocycles. The number of fused-ring (bicyclic) bond motifs is 1. The minimum Gasteiger partial charge on any atom is -0.486 e. The molecule has 3 rings (SSSR count). The summed E-state index contributed by atoms with van der Waals surface area (Å²) in [4.78, 5) is 0. The zero-order chi connectivity index (χ0) is 14.1.